The number of rotatable bonds is 17. The molecule has 16 nitrogen and oxygen atoms in total. The molecule has 1 unspecified atom stereocenters. The number of pyridine rings is 1. The van der Waals surface area contributed by atoms with Gasteiger partial charge in [0.15, 0.2) is 10.8 Å². The summed E-state index contributed by atoms with van der Waals surface area (Å²) in [5.41, 5.74) is 9.93. The summed E-state index contributed by atoms with van der Waals surface area (Å²) in [6.07, 6.45) is 0.468. The second-order valence-corrected chi connectivity index (χ2v) is 24.2. The van der Waals surface area contributed by atoms with Crippen LogP contribution in [0, 0.1) is 19.3 Å². The quantitative estimate of drug-likeness (QED) is 0.0576. The van der Waals surface area contributed by atoms with E-state index in [0.717, 1.165) is 54.2 Å². The van der Waals surface area contributed by atoms with Gasteiger partial charge >= 0.3 is 5.97 Å². The fourth-order valence-electron chi connectivity index (χ4n) is 10.9. The Bertz CT molecular complexity index is 3670. The first kappa shape index (κ1) is 56.9. The molecule has 1 saturated heterocycles. The summed E-state index contributed by atoms with van der Waals surface area (Å²) < 4.78 is 7.39. The number of aliphatic hydroxyl groups excluding tert-OH is 1. The van der Waals surface area contributed by atoms with Crippen LogP contribution in [0.1, 0.15) is 120 Å². The van der Waals surface area contributed by atoms with Gasteiger partial charge in [0.1, 0.15) is 29.4 Å². The number of fused-ring (bicyclic) bond motifs is 2. The Balaban J connectivity index is 0.747. The molecule has 82 heavy (non-hydrogen) atoms. The van der Waals surface area contributed by atoms with Crippen LogP contribution in [0.4, 0.5) is 10.9 Å². The van der Waals surface area contributed by atoms with Gasteiger partial charge in [-0.3, -0.25) is 24.5 Å². The number of aromatic nitrogens is 3. The lowest BCUT2D eigenvalue weighted by molar-refractivity contribution is -0.144. The number of likely N-dealkylation sites (tertiary alicyclic amines) is 1. The van der Waals surface area contributed by atoms with Gasteiger partial charge in [0.05, 0.1) is 38.4 Å². The van der Waals surface area contributed by atoms with Crippen LogP contribution >= 0.6 is 22.7 Å². The van der Waals surface area contributed by atoms with Crippen molar-refractivity contribution in [3.8, 4) is 33.1 Å². The van der Waals surface area contributed by atoms with Gasteiger partial charge in [0, 0.05) is 43.6 Å². The highest BCUT2D eigenvalue weighted by Gasteiger charge is 2.45. The number of carbonyl (C=O) groups excluding carboxylic acids is 4. The third-order valence-electron chi connectivity index (χ3n) is 15.6. The highest BCUT2D eigenvalue weighted by atomic mass is 32.1. The van der Waals surface area contributed by atoms with E-state index in [1.54, 1.807) is 23.5 Å². The topological polar surface area (TPSA) is 216 Å². The number of hydrogen-bond donors (Lipinski definition) is 5. The van der Waals surface area contributed by atoms with Crippen molar-refractivity contribution in [3.05, 3.63) is 172 Å². The third kappa shape index (κ3) is 12.4. The van der Waals surface area contributed by atoms with Gasteiger partial charge < -0.3 is 35.4 Å². The van der Waals surface area contributed by atoms with Crippen LogP contribution < -0.4 is 25.6 Å². The predicted molar refractivity (Wildman–Crippen MR) is 321 cm³/mol. The number of para-hydroxylation sites is 1. The van der Waals surface area contributed by atoms with E-state index >= 15 is 0 Å². The van der Waals surface area contributed by atoms with Gasteiger partial charge in [-0.2, -0.15) is 0 Å². The van der Waals surface area contributed by atoms with Crippen LogP contribution in [-0.4, -0.2) is 90.9 Å². The van der Waals surface area contributed by atoms with Crippen LogP contribution in [0.3, 0.4) is 0 Å². The van der Waals surface area contributed by atoms with Crippen LogP contribution in [-0.2, 0) is 27.3 Å². The largest absolute Gasteiger partial charge is 0.476 e. The number of amides is 4. The molecule has 3 aromatic heterocycles. The van der Waals surface area contributed by atoms with E-state index in [1.165, 1.54) is 16.2 Å². The molecule has 8 aromatic rings. The Labute approximate surface area is 484 Å². The van der Waals surface area contributed by atoms with Gasteiger partial charge in [-0.15, -0.1) is 11.3 Å². The molecule has 5 heterocycles. The fraction of sp³-hybridized carbons (Fsp3) is 0.312. The fourth-order valence-corrected chi connectivity index (χ4v) is 12.5. The summed E-state index contributed by atoms with van der Waals surface area (Å²) in [6.45, 7) is 14.3. The van der Waals surface area contributed by atoms with Crippen molar-refractivity contribution in [2.75, 3.05) is 23.3 Å². The number of nitrogens with zero attached hydrogens (tertiary/aromatic N) is 5. The number of carboxylic acids is 1. The van der Waals surface area contributed by atoms with Crippen LogP contribution in [0.2, 0.25) is 0 Å². The number of hydrogen-bond acceptors (Lipinski definition) is 13. The second kappa shape index (κ2) is 24.0. The number of benzene rings is 5. The van der Waals surface area contributed by atoms with Crippen molar-refractivity contribution in [2.45, 2.75) is 111 Å². The summed E-state index contributed by atoms with van der Waals surface area (Å²) in [6, 6.07) is 35.8. The van der Waals surface area contributed by atoms with Gasteiger partial charge in [-0.25, -0.2) is 19.7 Å². The maximum absolute atomic E-state index is 14.3. The van der Waals surface area contributed by atoms with E-state index in [9.17, 15) is 34.2 Å². The molecular formula is C64H66N8O8S2. The summed E-state index contributed by atoms with van der Waals surface area (Å²) in [4.78, 5) is 86.6. The minimum absolute atomic E-state index is 0.0226. The molecule has 0 spiro atoms. The molecule has 5 atom stereocenters. The zero-order valence-corrected chi connectivity index (χ0v) is 48.5. The van der Waals surface area contributed by atoms with E-state index in [1.807, 2.05) is 168 Å². The molecule has 5 N–H and O–H groups in total. The Morgan fingerprint density at radius 2 is 1.57 bits per heavy atom. The highest BCUT2D eigenvalue weighted by Crippen LogP contribution is 2.38. The molecule has 2 aliphatic heterocycles. The van der Waals surface area contributed by atoms with Crippen molar-refractivity contribution in [1.29, 1.82) is 0 Å². The summed E-state index contributed by atoms with van der Waals surface area (Å²) >= 11 is 2.98. The lowest BCUT2D eigenvalue weighted by Crippen LogP contribution is -2.57. The number of aliphatic hydroxyl groups is 1. The van der Waals surface area contributed by atoms with Gasteiger partial charge in [0.2, 0.25) is 17.7 Å². The van der Waals surface area contributed by atoms with Crippen molar-refractivity contribution < 1.29 is 38.9 Å². The molecule has 0 bridgehead atoms. The summed E-state index contributed by atoms with van der Waals surface area (Å²) in [7, 11) is 0. The Morgan fingerprint density at radius 3 is 2.29 bits per heavy atom. The average molecular weight is 1140 g/mol. The first-order valence-corrected chi connectivity index (χ1v) is 29.2. The van der Waals surface area contributed by atoms with Gasteiger partial charge in [-0.05, 0) is 132 Å². The number of carbonyl (C=O) groups is 5. The first-order valence-electron chi connectivity index (χ1n) is 27.5. The number of nitrogens with one attached hydrogen (secondary N) is 3. The summed E-state index contributed by atoms with van der Waals surface area (Å²) in [5, 5.41) is 30.9. The van der Waals surface area contributed by atoms with E-state index < -0.39 is 35.5 Å². The van der Waals surface area contributed by atoms with Crippen molar-refractivity contribution in [3.63, 3.8) is 0 Å². The lowest BCUT2D eigenvalue weighted by Gasteiger charge is -2.35. The van der Waals surface area contributed by atoms with Crippen molar-refractivity contribution in [1.82, 2.24) is 30.5 Å². The average Bonchev–Trinajstić information content (AvgIpc) is 4.29. The zero-order valence-electron chi connectivity index (χ0n) is 46.9. The van der Waals surface area contributed by atoms with Crippen molar-refractivity contribution >= 4 is 73.4 Å². The molecule has 0 aliphatic carbocycles. The third-order valence-corrected chi connectivity index (χ3v) is 17.5. The first-order chi connectivity index (χ1) is 39.3. The minimum Gasteiger partial charge on any atom is -0.476 e. The van der Waals surface area contributed by atoms with E-state index in [-0.39, 0.29) is 54.8 Å². The molecule has 0 saturated carbocycles. The number of carboxylic acid groups (broad SMARTS) is 1. The number of anilines is 2. The summed E-state index contributed by atoms with van der Waals surface area (Å²) in [5.74, 6) is -0.972. The second-order valence-electron chi connectivity index (χ2n) is 22.3. The molecular weight excluding hydrogens is 1070 g/mol. The normalized spacial score (nSPS) is 16.2. The van der Waals surface area contributed by atoms with Crippen LogP contribution in [0.5, 0.6) is 11.5 Å². The van der Waals surface area contributed by atoms with Gasteiger partial charge in [-0.1, -0.05) is 112 Å². The highest BCUT2D eigenvalue weighted by molar-refractivity contribution is 7.22. The predicted octanol–water partition coefficient (Wildman–Crippen LogP) is 11.7. The van der Waals surface area contributed by atoms with Crippen molar-refractivity contribution in [2.24, 2.45) is 5.41 Å². The van der Waals surface area contributed by atoms with Crippen LogP contribution in [0.25, 0.3) is 31.8 Å². The lowest BCUT2D eigenvalue weighted by atomic mass is 9.85. The Morgan fingerprint density at radius 1 is 0.829 bits per heavy atom. The number of aryl methyl sites for hydroxylation is 1. The van der Waals surface area contributed by atoms with Gasteiger partial charge in [0.25, 0.3) is 5.91 Å². The number of β-amino-alcohol motifs (C(OH)–C–C–N with tert-alkyl or cyclic N) is 1. The molecule has 4 amide bonds. The monoisotopic (exact) mass is 1140 g/mol. The maximum Gasteiger partial charge on any atom is 0.355 e. The number of ether oxygens (including phenoxy) is 1. The Hall–Kier alpha value is -8.32. The van der Waals surface area contributed by atoms with E-state index in [2.05, 4.69) is 25.9 Å². The zero-order chi connectivity index (χ0) is 58.0. The smallest absolute Gasteiger partial charge is 0.355 e. The molecule has 0 radical (unpaired) electrons. The molecule has 1 fully saturated rings. The van der Waals surface area contributed by atoms with E-state index in [4.69, 9.17) is 9.72 Å². The maximum atomic E-state index is 14.3. The minimum atomic E-state index is -1.18. The SMILES string of the molecule is Cc1ncsc1-c1ccc([C@H](C)NC(=O)C2C[C@@H](O)CN2C(=O)[C@@H](NC(=O)CC[C@H](C)c2ccc(Oc3cccc(-c4ccc(N5CCc6cccc(C(=O)Nc7nc8ccccc8s7)c6C5)nc4C(=O)O)c3C)cc2)C(C)(C)C)cc1. The van der Waals surface area contributed by atoms with E-state index in [0.29, 0.717) is 65.1 Å². The molecule has 10 rings (SSSR count). The number of thiazole rings is 2. The van der Waals surface area contributed by atoms with Crippen LogP contribution in [0.15, 0.2) is 127 Å². The molecule has 2 aliphatic rings. The number of aromatic carboxylic acids is 1. The standard InChI is InChI=1S/C64H66N8O8S2/c1-36(18-29-55(74)69-58(64(5,6)7)61(77)72-33-44(73)32-51(72)60(76)66-38(3)41-19-21-43(22-20-41)57-39(4)65-35-81-57)40-23-25-45(26-24-40)80-52-16-11-13-46(37(52)2)47-27-28-54(68-56(47)62(78)79)71-31-30-42-12-10-14-48(49(42)34-71)59(75)70-63-67-50-15-8-9-17-53(50)82-63/h8-17,19-28,35-36,38,44,51,58,73H,18,29-34H2,1-7H3,(H,66,76)(H,69,74)(H,78,79)(H,67,70,75)/t36-,38-,44+,51?,58+/m0/s1. The Kier molecular flexibility index (Phi) is 16.7. The molecule has 422 valence electrons. The molecule has 5 aromatic carbocycles. The molecule has 18 heteroatoms.